The predicted molar refractivity (Wildman–Crippen MR) is 66.2 cm³/mol. The number of rotatable bonds is 2. The third kappa shape index (κ3) is 3.79. The summed E-state index contributed by atoms with van der Waals surface area (Å²) in [5.74, 6) is 0. The molecule has 2 heterocycles. The molecular formula is C9H13Cl2N3S. The summed E-state index contributed by atoms with van der Waals surface area (Å²) >= 11 is 7.57. The molecule has 0 aliphatic carbocycles. The Labute approximate surface area is 105 Å². The summed E-state index contributed by atoms with van der Waals surface area (Å²) in [6.07, 6.45) is 1.18. The minimum atomic E-state index is 0. The van der Waals surface area contributed by atoms with Gasteiger partial charge in [0.2, 0.25) is 0 Å². The molecule has 1 fully saturated rings. The molecule has 0 saturated carbocycles. The second-order valence-corrected chi connectivity index (χ2v) is 5.00. The average molecular weight is 266 g/mol. The van der Waals surface area contributed by atoms with Gasteiger partial charge in [0.25, 0.3) is 0 Å². The first-order chi connectivity index (χ1) is 6.74. The fourth-order valence-corrected chi connectivity index (χ4v) is 2.81. The van der Waals surface area contributed by atoms with E-state index in [1.54, 1.807) is 17.8 Å². The van der Waals surface area contributed by atoms with Crippen molar-refractivity contribution in [3.63, 3.8) is 0 Å². The predicted octanol–water partition coefficient (Wildman–Crippen LogP) is 2.31. The molecule has 0 aromatic carbocycles. The van der Waals surface area contributed by atoms with E-state index in [-0.39, 0.29) is 12.4 Å². The number of aryl methyl sites for hydroxylation is 1. The number of thioether (sulfide) groups is 1. The Morgan fingerprint density at radius 3 is 2.93 bits per heavy atom. The average Bonchev–Trinajstić information content (AvgIpc) is 2.54. The lowest BCUT2D eigenvalue weighted by atomic mass is 10.4. The lowest BCUT2D eigenvalue weighted by molar-refractivity contribution is 0.857. The van der Waals surface area contributed by atoms with Crippen molar-refractivity contribution in [3.05, 3.63) is 16.9 Å². The van der Waals surface area contributed by atoms with Crippen LogP contribution < -0.4 is 5.32 Å². The van der Waals surface area contributed by atoms with Gasteiger partial charge in [0.1, 0.15) is 5.15 Å². The highest BCUT2D eigenvalue weighted by molar-refractivity contribution is 7.99. The van der Waals surface area contributed by atoms with Crippen LogP contribution in [0.4, 0.5) is 0 Å². The molecule has 0 amide bonds. The molecule has 1 aliphatic rings. The summed E-state index contributed by atoms with van der Waals surface area (Å²) in [5.41, 5.74) is 0.929. The molecule has 15 heavy (non-hydrogen) atoms. The first-order valence-electron chi connectivity index (χ1n) is 4.62. The first-order valence-corrected chi connectivity index (χ1v) is 5.88. The third-order valence-corrected chi connectivity index (χ3v) is 3.41. The van der Waals surface area contributed by atoms with E-state index in [1.165, 1.54) is 6.42 Å². The standard InChI is InChI=1S/C9H12ClN3S.ClH/c1-6-4-8(10)13-9(12-6)14-7-2-3-11-5-7;/h4,7,11H,2-3,5H2,1H3;1H/t7-;/m0./s1. The first kappa shape index (κ1) is 13.0. The summed E-state index contributed by atoms with van der Waals surface area (Å²) in [7, 11) is 0. The SMILES string of the molecule is Cc1cc(Cl)nc(S[C@H]2CCNC2)n1.Cl. The Bertz CT molecular complexity index is 309. The van der Waals surface area contributed by atoms with E-state index in [0.29, 0.717) is 10.4 Å². The maximum atomic E-state index is 5.86. The largest absolute Gasteiger partial charge is 0.316 e. The van der Waals surface area contributed by atoms with Gasteiger partial charge >= 0.3 is 0 Å². The number of aromatic nitrogens is 2. The Hall–Kier alpha value is -0.0300. The summed E-state index contributed by atoms with van der Waals surface area (Å²) in [6, 6.07) is 1.78. The fourth-order valence-electron chi connectivity index (χ4n) is 1.43. The van der Waals surface area contributed by atoms with E-state index in [0.717, 1.165) is 23.9 Å². The zero-order valence-electron chi connectivity index (χ0n) is 8.36. The molecule has 2 rings (SSSR count). The molecule has 0 spiro atoms. The molecule has 1 aromatic rings. The van der Waals surface area contributed by atoms with Gasteiger partial charge in [-0.1, -0.05) is 23.4 Å². The van der Waals surface area contributed by atoms with E-state index in [2.05, 4.69) is 15.3 Å². The number of halogens is 2. The molecule has 84 valence electrons. The number of nitrogens with zero attached hydrogens (tertiary/aromatic N) is 2. The summed E-state index contributed by atoms with van der Waals surface area (Å²) in [5, 5.41) is 5.23. The molecule has 0 radical (unpaired) electrons. The van der Waals surface area contributed by atoms with Gasteiger partial charge in [0.05, 0.1) is 0 Å². The van der Waals surface area contributed by atoms with Gasteiger partial charge < -0.3 is 5.32 Å². The molecule has 3 nitrogen and oxygen atoms in total. The van der Waals surface area contributed by atoms with Crippen LogP contribution in [0.3, 0.4) is 0 Å². The van der Waals surface area contributed by atoms with Crippen LogP contribution in [-0.2, 0) is 0 Å². The number of nitrogens with one attached hydrogen (secondary N) is 1. The van der Waals surface area contributed by atoms with Crippen LogP contribution in [-0.4, -0.2) is 28.3 Å². The van der Waals surface area contributed by atoms with Crippen LogP contribution >= 0.6 is 35.8 Å². The highest BCUT2D eigenvalue weighted by Gasteiger charge is 2.17. The smallest absolute Gasteiger partial charge is 0.189 e. The number of hydrogen-bond acceptors (Lipinski definition) is 4. The van der Waals surface area contributed by atoms with E-state index in [9.17, 15) is 0 Å². The molecular weight excluding hydrogens is 253 g/mol. The second kappa shape index (κ2) is 5.89. The molecule has 6 heteroatoms. The zero-order chi connectivity index (χ0) is 9.97. The zero-order valence-corrected chi connectivity index (χ0v) is 10.8. The van der Waals surface area contributed by atoms with E-state index < -0.39 is 0 Å². The Morgan fingerprint density at radius 2 is 2.33 bits per heavy atom. The van der Waals surface area contributed by atoms with Gasteiger partial charge in [0, 0.05) is 17.5 Å². The molecule has 1 saturated heterocycles. The van der Waals surface area contributed by atoms with Crippen molar-refractivity contribution in [1.82, 2.24) is 15.3 Å². The minimum Gasteiger partial charge on any atom is -0.316 e. The van der Waals surface area contributed by atoms with Gasteiger partial charge in [-0.2, -0.15) is 0 Å². The molecule has 1 aromatic heterocycles. The van der Waals surface area contributed by atoms with Crippen LogP contribution in [0.2, 0.25) is 5.15 Å². The van der Waals surface area contributed by atoms with Crippen molar-refractivity contribution in [2.24, 2.45) is 0 Å². The lowest BCUT2D eigenvalue weighted by Gasteiger charge is -2.06. The summed E-state index contributed by atoms with van der Waals surface area (Å²) in [4.78, 5) is 8.52. The molecule has 1 atom stereocenters. The van der Waals surface area contributed by atoms with Crippen molar-refractivity contribution in [1.29, 1.82) is 0 Å². The second-order valence-electron chi connectivity index (χ2n) is 3.35. The van der Waals surface area contributed by atoms with E-state index in [4.69, 9.17) is 11.6 Å². The maximum absolute atomic E-state index is 5.86. The topological polar surface area (TPSA) is 37.8 Å². The molecule has 0 unspecified atom stereocenters. The number of hydrogen-bond donors (Lipinski definition) is 1. The molecule has 0 bridgehead atoms. The van der Waals surface area contributed by atoms with Crippen LogP contribution in [0.1, 0.15) is 12.1 Å². The van der Waals surface area contributed by atoms with Crippen molar-refractivity contribution in [2.75, 3.05) is 13.1 Å². The van der Waals surface area contributed by atoms with Gasteiger partial charge in [-0.3, -0.25) is 0 Å². The third-order valence-electron chi connectivity index (χ3n) is 2.09. The van der Waals surface area contributed by atoms with Gasteiger partial charge in [-0.25, -0.2) is 9.97 Å². The quantitative estimate of drug-likeness (QED) is 0.658. The van der Waals surface area contributed by atoms with Crippen LogP contribution in [0, 0.1) is 6.92 Å². The van der Waals surface area contributed by atoms with Crippen LogP contribution in [0.5, 0.6) is 0 Å². The van der Waals surface area contributed by atoms with Gasteiger partial charge in [-0.15, -0.1) is 12.4 Å². The van der Waals surface area contributed by atoms with Crippen LogP contribution in [0.25, 0.3) is 0 Å². The fraction of sp³-hybridized carbons (Fsp3) is 0.556. The van der Waals surface area contributed by atoms with Gasteiger partial charge in [-0.05, 0) is 26.0 Å². The normalized spacial score (nSPS) is 20.0. The lowest BCUT2D eigenvalue weighted by Crippen LogP contribution is -2.10. The highest BCUT2D eigenvalue weighted by atomic mass is 35.5. The van der Waals surface area contributed by atoms with E-state index in [1.807, 2.05) is 6.92 Å². The van der Waals surface area contributed by atoms with Gasteiger partial charge in [0.15, 0.2) is 5.16 Å². The Kier molecular flexibility index (Phi) is 5.12. The Balaban J connectivity index is 0.00000112. The maximum Gasteiger partial charge on any atom is 0.189 e. The van der Waals surface area contributed by atoms with Crippen molar-refractivity contribution < 1.29 is 0 Å². The van der Waals surface area contributed by atoms with E-state index >= 15 is 0 Å². The molecule has 1 aliphatic heterocycles. The van der Waals surface area contributed by atoms with Crippen molar-refractivity contribution in [2.45, 2.75) is 23.8 Å². The minimum absolute atomic E-state index is 0. The summed E-state index contributed by atoms with van der Waals surface area (Å²) in [6.45, 7) is 4.07. The summed E-state index contributed by atoms with van der Waals surface area (Å²) < 4.78 is 0. The Morgan fingerprint density at radius 1 is 1.53 bits per heavy atom. The highest BCUT2D eigenvalue weighted by Crippen LogP contribution is 2.24. The monoisotopic (exact) mass is 265 g/mol. The van der Waals surface area contributed by atoms with Crippen molar-refractivity contribution >= 4 is 35.8 Å². The molecule has 1 N–H and O–H groups in total. The van der Waals surface area contributed by atoms with Crippen LogP contribution in [0.15, 0.2) is 11.2 Å². The van der Waals surface area contributed by atoms with Crippen molar-refractivity contribution in [3.8, 4) is 0 Å².